The van der Waals surface area contributed by atoms with Crippen LogP contribution < -0.4 is 4.90 Å². The summed E-state index contributed by atoms with van der Waals surface area (Å²) in [5.74, 6) is 0.295. The molecule has 17 heavy (non-hydrogen) atoms. The minimum absolute atomic E-state index is 0.0589. The lowest BCUT2D eigenvalue weighted by Crippen LogP contribution is -2.40. The summed E-state index contributed by atoms with van der Waals surface area (Å²) in [5.41, 5.74) is 2.38. The summed E-state index contributed by atoms with van der Waals surface area (Å²) in [6.45, 7) is 3.43. The molecule has 3 nitrogen and oxygen atoms in total. The lowest BCUT2D eigenvalue weighted by atomic mass is 10.1. The number of fused-ring (bicyclic) bond motifs is 1. The molecule has 2 aliphatic rings. The highest BCUT2D eigenvalue weighted by Gasteiger charge is 2.35. The van der Waals surface area contributed by atoms with Crippen LogP contribution in [-0.4, -0.2) is 25.2 Å². The van der Waals surface area contributed by atoms with Gasteiger partial charge in [-0.3, -0.25) is 4.79 Å². The third kappa shape index (κ3) is 1.75. The summed E-state index contributed by atoms with van der Waals surface area (Å²) in [4.78, 5) is 14.4. The third-order valence-corrected chi connectivity index (χ3v) is 3.72. The van der Waals surface area contributed by atoms with Crippen molar-refractivity contribution >= 4 is 11.6 Å². The van der Waals surface area contributed by atoms with E-state index in [1.54, 1.807) is 0 Å². The van der Waals surface area contributed by atoms with Gasteiger partial charge in [0.15, 0.2) is 0 Å². The Kier molecular flexibility index (Phi) is 2.63. The molecular formula is C14H17NO2. The molecule has 1 aromatic rings. The van der Waals surface area contributed by atoms with Crippen molar-refractivity contribution in [2.75, 3.05) is 18.1 Å². The topological polar surface area (TPSA) is 29.5 Å². The van der Waals surface area contributed by atoms with Crippen molar-refractivity contribution in [3.05, 3.63) is 29.8 Å². The molecule has 2 heterocycles. The standard InChI is InChI=1S/C14H17NO2/c1-10-8-11-4-2-3-5-13(11)15(10)14(16)12-6-7-17-9-12/h2-5,10,12H,6-9H2,1H3. The second-order valence-electron chi connectivity index (χ2n) is 4.95. The van der Waals surface area contributed by atoms with Crippen LogP contribution in [0.25, 0.3) is 0 Å². The van der Waals surface area contributed by atoms with Gasteiger partial charge in [-0.2, -0.15) is 0 Å². The van der Waals surface area contributed by atoms with Crippen LogP contribution in [0.5, 0.6) is 0 Å². The van der Waals surface area contributed by atoms with Crippen molar-refractivity contribution in [2.24, 2.45) is 5.92 Å². The zero-order valence-corrected chi connectivity index (χ0v) is 10.1. The van der Waals surface area contributed by atoms with Crippen molar-refractivity contribution in [3.8, 4) is 0 Å². The molecule has 1 saturated heterocycles. The van der Waals surface area contributed by atoms with Crippen LogP contribution in [0.4, 0.5) is 5.69 Å². The Morgan fingerprint density at radius 3 is 3.00 bits per heavy atom. The van der Waals surface area contributed by atoms with Gasteiger partial charge in [-0.15, -0.1) is 0 Å². The average Bonchev–Trinajstić information content (AvgIpc) is 2.94. The fourth-order valence-corrected chi connectivity index (χ4v) is 2.83. The van der Waals surface area contributed by atoms with Crippen LogP contribution in [0.15, 0.2) is 24.3 Å². The van der Waals surface area contributed by atoms with Gasteiger partial charge in [-0.25, -0.2) is 0 Å². The van der Waals surface area contributed by atoms with Crippen molar-refractivity contribution in [1.29, 1.82) is 0 Å². The number of anilines is 1. The van der Waals surface area contributed by atoms with Crippen LogP contribution in [0.2, 0.25) is 0 Å². The minimum Gasteiger partial charge on any atom is -0.381 e. The van der Waals surface area contributed by atoms with Crippen LogP contribution >= 0.6 is 0 Å². The highest BCUT2D eigenvalue weighted by Crippen LogP contribution is 2.33. The normalized spacial score (nSPS) is 27.2. The summed E-state index contributed by atoms with van der Waals surface area (Å²) < 4.78 is 5.31. The number of hydrogen-bond donors (Lipinski definition) is 0. The highest BCUT2D eigenvalue weighted by atomic mass is 16.5. The second kappa shape index (κ2) is 4.15. The maximum Gasteiger partial charge on any atom is 0.232 e. The molecule has 0 saturated carbocycles. The molecule has 0 bridgehead atoms. The van der Waals surface area contributed by atoms with Crippen LogP contribution in [-0.2, 0) is 16.0 Å². The summed E-state index contributed by atoms with van der Waals surface area (Å²) >= 11 is 0. The van der Waals surface area contributed by atoms with Gasteiger partial charge in [0.1, 0.15) is 0 Å². The molecule has 0 aromatic heterocycles. The average molecular weight is 231 g/mol. The van der Waals surface area contributed by atoms with Gasteiger partial charge in [0.05, 0.1) is 12.5 Å². The molecule has 3 heteroatoms. The van der Waals surface area contributed by atoms with Crippen LogP contribution in [0, 0.1) is 5.92 Å². The molecular weight excluding hydrogens is 214 g/mol. The molecule has 2 unspecified atom stereocenters. The number of nitrogens with zero attached hydrogens (tertiary/aromatic N) is 1. The number of benzene rings is 1. The van der Waals surface area contributed by atoms with Gasteiger partial charge in [0.2, 0.25) is 5.91 Å². The first-order valence-corrected chi connectivity index (χ1v) is 6.26. The number of amides is 1. The van der Waals surface area contributed by atoms with Gasteiger partial charge in [-0.1, -0.05) is 18.2 Å². The Morgan fingerprint density at radius 2 is 2.24 bits per heavy atom. The summed E-state index contributed by atoms with van der Waals surface area (Å²) in [5, 5.41) is 0. The van der Waals surface area contributed by atoms with E-state index < -0.39 is 0 Å². The Hall–Kier alpha value is -1.35. The Bertz CT molecular complexity index is 438. The maximum atomic E-state index is 12.5. The first-order valence-electron chi connectivity index (χ1n) is 6.26. The van der Waals surface area contributed by atoms with E-state index in [0.717, 1.165) is 25.1 Å². The van der Waals surface area contributed by atoms with Gasteiger partial charge in [0.25, 0.3) is 0 Å². The van der Waals surface area contributed by atoms with Crippen molar-refractivity contribution < 1.29 is 9.53 Å². The first-order chi connectivity index (χ1) is 8.27. The number of rotatable bonds is 1. The summed E-state index contributed by atoms with van der Waals surface area (Å²) in [6.07, 6.45) is 1.83. The number of hydrogen-bond acceptors (Lipinski definition) is 2. The zero-order valence-electron chi connectivity index (χ0n) is 10.1. The first kappa shape index (κ1) is 10.8. The highest BCUT2D eigenvalue weighted by molar-refractivity contribution is 5.97. The molecule has 2 aliphatic heterocycles. The van der Waals surface area contributed by atoms with E-state index in [4.69, 9.17) is 4.74 Å². The molecule has 90 valence electrons. The van der Waals surface area contributed by atoms with Crippen molar-refractivity contribution in [3.63, 3.8) is 0 Å². The number of ether oxygens (including phenoxy) is 1. The zero-order chi connectivity index (χ0) is 11.8. The van der Waals surface area contributed by atoms with Crippen LogP contribution in [0.1, 0.15) is 18.9 Å². The largest absolute Gasteiger partial charge is 0.381 e. The van der Waals surface area contributed by atoms with Gasteiger partial charge < -0.3 is 9.64 Å². The number of carbonyl (C=O) groups excluding carboxylic acids is 1. The van der Waals surface area contributed by atoms with E-state index in [2.05, 4.69) is 13.0 Å². The van der Waals surface area contributed by atoms with Crippen molar-refractivity contribution in [2.45, 2.75) is 25.8 Å². The fourth-order valence-electron chi connectivity index (χ4n) is 2.83. The van der Waals surface area contributed by atoms with Crippen molar-refractivity contribution in [1.82, 2.24) is 0 Å². The Labute approximate surface area is 101 Å². The SMILES string of the molecule is CC1Cc2ccccc2N1C(=O)C1CCOC1. The Morgan fingerprint density at radius 1 is 1.41 bits per heavy atom. The molecule has 3 rings (SSSR count). The van der Waals surface area contributed by atoms with E-state index in [9.17, 15) is 4.79 Å². The second-order valence-corrected chi connectivity index (χ2v) is 4.95. The van der Waals surface area contributed by atoms with Gasteiger partial charge in [0, 0.05) is 18.3 Å². The van der Waals surface area contributed by atoms with E-state index in [0.29, 0.717) is 6.61 Å². The molecule has 0 spiro atoms. The summed E-state index contributed by atoms with van der Waals surface area (Å²) in [7, 11) is 0. The predicted molar refractivity (Wildman–Crippen MR) is 66.0 cm³/mol. The third-order valence-electron chi connectivity index (χ3n) is 3.72. The lowest BCUT2D eigenvalue weighted by Gasteiger charge is -2.25. The van der Waals surface area contributed by atoms with Crippen LogP contribution in [0.3, 0.4) is 0 Å². The van der Waals surface area contributed by atoms with Gasteiger partial charge in [-0.05, 0) is 31.4 Å². The monoisotopic (exact) mass is 231 g/mol. The van der Waals surface area contributed by atoms with E-state index >= 15 is 0 Å². The van der Waals surface area contributed by atoms with E-state index in [-0.39, 0.29) is 17.9 Å². The van der Waals surface area contributed by atoms with E-state index in [1.165, 1.54) is 5.56 Å². The molecule has 1 amide bonds. The molecule has 0 aliphatic carbocycles. The quantitative estimate of drug-likeness (QED) is 0.740. The van der Waals surface area contributed by atoms with Gasteiger partial charge >= 0.3 is 0 Å². The molecule has 0 radical (unpaired) electrons. The summed E-state index contributed by atoms with van der Waals surface area (Å²) in [6, 6.07) is 8.48. The molecule has 1 aromatic carbocycles. The molecule has 1 fully saturated rings. The maximum absolute atomic E-state index is 12.5. The smallest absolute Gasteiger partial charge is 0.232 e. The Balaban J connectivity index is 1.89. The molecule has 0 N–H and O–H groups in total. The van der Waals surface area contributed by atoms with E-state index in [1.807, 2.05) is 23.1 Å². The fraction of sp³-hybridized carbons (Fsp3) is 0.500. The lowest BCUT2D eigenvalue weighted by molar-refractivity contribution is -0.122. The number of para-hydroxylation sites is 1. The molecule has 2 atom stereocenters. The predicted octanol–water partition coefficient (Wildman–Crippen LogP) is 2.00. The minimum atomic E-state index is 0.0589. The number of carbonyl (C=O) groups is 1.